The smallest absolute Gasteiger partial charge is 0.0858 e. The van der Waals surface area contributed by atoms with Gasteiger partial charge < -0.3 is 4.74 Å². The van der Waals surface area contributed by atoms with Gasteiger partial charge in [0.1, 0.15) is 0 Å². The Morgan fingerprint density at radius 3 is 2.73 bits per heavy atom. The van der Waals surface area contributed by atoms with Crippen LogP contribution in [0.15, 0.2) is 17.3 Å². The second kappa shape index (κ2) is 3.18. The Kier molecular flexibility index (Phi) is 2.45. The van der Waals surface area contributed by atoms with Gasteiger partial charge in [0.15, 0.2) is 0 Å². The number of ether oxygens (including phenoxy) is 1. The van der Waals surface area contributed by atoms with Gasteiger partial charge >= 0.3 is 0 Å². The SMILES string of the molecule is CC(C)(C)OCC1=NC=CC1. The van der Waals surface area contributed by atoms with Crippen molar-refractivity contribution >= 4 is 5.71 Å². The Balaban J connectivity index is 2.23. The van der Waals surface area contributed by atoms with Crippen LogP contribution in [0.25, 0.3) is 0 Å². The average molecular weight is 153 g/mol. The van der Waals surface area contributed by atoms with E-state index < -0.39 is 0 Å². The summed E-state index contributed by atoms with van der Waals surface area (Å²) in [5.41, 5.74) is 1.07. The predicted octanol–water partition coefficient (Wildman–Crippen LogP) is 2.16. The first-order valence-corrected chi connectivity index (χ1v) is 3.92. The van der Waals surface area contributed by atoms with Gasteiger partial charge in [0.25, 0.3) is 0 Å². The Hall–Kier alpha value is -0.630. The molecule has 0 aromatic heterocycles. The molecule has 0 bridgehead atoms. The summed E-state index contributed by atoms with van der Waals surface area (Å²) >= 11 is 0. The Morgan fingerprint density at radius 2 is 2.27 bits per heavy atom. The molecule has 11 heavy (non-hydrogen) atoms. The molecule has 0 aliphatic carbocycles. The van der Waals surface area contributed by atoms with Crippen LogP contribution in [0.1, 0.15) is 27.2 Å². The number of hydrogen-bond donors (Lipinski definition) is 0. The second-order valence-corrected chi connectivity index (χ2v) is 3.69. The highest BCUT2D eigenvalue weighted by Crippen LogP contribution is 2.08. The van der Waals surface area contributed by atoms with Crippen LogP contribution < -0.4 is 0 Å². The lowest BCUT2D eigenvalue weighted by atomic mass is 10.2. The normalized spacial score (nSPS) is 17.2. The van der Waals surface area contributed by atoms with Crippen LogP contribution in [0.4, 0.5) is 0 Å². The summed E-state index contributed by atoms with van der Waals surface area (Å²) in [6.45, 7) is 6.82. The molecule has 0 aromatic carbocycles. The van der Waals surface area contributed by atoms with E-state index in [2.05, 4.69) is 25.8 Å². The Labute approximate surface area is 68.0 Å². The Bertz CT molecular complexity index is 186. The molecule has 0 amide bonds. The summed E-state index contributed by atoms with van der Waals surface area (Å²) in [5, 5.41) is 0. The molecule has 2 nitrogen and oxygen atoms in total. The van der Waals surface area contributed by atoms with Gasteiger partial charge in [-0.25, -0.2) is 0 Å². The third kappa shape index (κ3) is 3.33. The van der Waals surface area contributed by atoms with E-state index in [9.17, 15) is 0 Å². The largest absolute Gasteiger partial charge is 0.370 e. The molecule has 0 aromatic rings. The highest BCUT2D eigenvalue weighted by atomic mass is 16.5. The summed E-state index contributed by atoms with van der Waals surface area (Å²) in [7, 11) is 0. The lowest BCUT2D eigenvalue weighted by Crippen LogP contribution is -2.22. The van der Waals surface area contributed by atoms with Crippen molar-refractivity contribution < 1.29 is 4.74 Å². The second-order valence-electron chi connectivity index (χ2n) is 3.69. The van der Waals surface area contributed by atoms with Crippen molar-refractivity contribution in [1.82, 2.24) is 0 Å². The molecular weight excluding hydrogens is 138 g/mol. The maximum Gasteiger partial charge on any atom is 0.0858 e. The maximum absolute atomic E-state index is 5.54. The fraction of sp³-hybridized carbons (Fsp3) is 0.667. The molecule has 0 saturated carbocycles. The van der Waals surface area contributed by atoms with Crippen LogP contribution in [0.3, 0.4) is 0 Å². The zero-order valence-electron chi connectivity index (χ0n) is 7.42. The molecule has 1 heterocycles. The first-order valence-electron chi connectivity index (χ1n) is 3.92. The fourth-order valence-electron chi connectivity index (χ4n) is 0.796. The quantitative estimate of drug-likeness (QED) is 0.595. The number of allylic oxidation sites excluding steroid dienone is 1. The monoisotopic (exact) mass is 153 g/mol. The number of rotatable bonds is 2. The van der Waals surface area contributed by atoms with E-state index in [0.29, 0.717) is 6.61 Å². The molecular formula is C9H15NO. The minimum absolute atomic E-state index is 0.0505. The van der Waals surface area contributed by atoms with Gasteiger partial charge in [-0.1, -0.05) is 6.08 Å². The van der Waals surface area contributed by atoms with Crippen LogP contribution >= 0.6 is 0 Å². The van der Waals surface area contributed by atoms with Crippen LogP contribution in [-0.4, -0.2) is 17.9 Å². The molecule has 0 atom stereocenters. The van der Waals surface area contributed by atoms with Crippen molar-refractivity contribution in [2.75, 3.05) is 6.61 Å². The van der Waals surface area contributed by atoms with Crippen LogP contribution in [0, 0.1) is 0 Å². The summed E-state index contributed by atoms with van der Waals surface area (Å²) in [5.74, 6) is 0. The number of aliphatic imine (C=N–C) groups is 1. The summed E-state index contributed by atoms with van der Waals surface area (Å²) in [6, 6.07) is 0. The highest BCUT2D eigenvalue weighted by molar-refractivity contribution is 5.89. The first kappa shape index (κ1) is 8.47. The van der Waals surface area contributed by atoms with E-state index in [-0.39, 0.29) is 5.60 Å². The first-order chi connectivity index (χ1) is 5.08. The van der Waals surface area contributed by atoms with Crippen LogP contribution in [0.5, 0.6) is 0 Å². The van der Waals surface area contributed by atoms with E-state index in [4.69, 9.17) is 4.74 Å². The van der Waals surface area contributed by atoms with Gasteiger partial charge in [0, 0.05) is 18.3 Å². The van der Waals surface area contributed by atoms with Crippen molar-refractivity contribution in [1.29, 1.82) is 0 Å². The predicted molar refractivity (Wildman–Crippen MR) is 46.9 cm³/mol. The molecule has 1 aliphatic heterocycles. The van der Waals surface area contributed by atoms with E-state index in [0.717, 1.165) is 12.1 Å². The molecule has 0 unspecified atom stereocenters. The van der Waals surface area contributed by atoms with Crippen molar-refractivity contribution in [2.24, 2.45) is 4.99 Å². The van der Waals surface area contributed by atoms with Gasteiger partial charge in [-0.15, -0.1) is 0 Å². The Morgan fingerprint density at radius 1 is 1.55 bits per heavy atom. The van der Waals surface area contributed by atoms with Crippen molar-refractivity contribution in [2.45, 2.75) is 32.8 Å². The van der Waals surface area contributed by atoms with E-state index in [1.807, 2.05) is 12.3 Å². The summed E-state index contributed by atoms with van der Waals surface area (Å²) in [6.07, 6.45) is 4.83. The van der Waals surface area contributed by atoms with E-state index in [1.165, 1.54) is 0 Å². The molecule has 0 N–H and O–H groups in total. The molecule has 0 spiro atoms. The highest BCUT2D eigenvalue weighted by Gasteiger charge is 2.11. The van der Waals surface area contributed by atoms with Gasteiger partial charge in [-0.3, -0.25) is 4.99 Å². The van der Waals surface area contributed by atoms with Crippen molar-refractivity contribution in [3.8, 4) is 0 Å². The van der Waals surface area contributed by atoms with Crippen molar-refractivity contribution in [3.63, 3.8) is 0 Å². The number of nitrogens with zero attached hydrogens (tertiary/aromatic N) is 1. The third-order valence-corrected chi connectivity index (χ3v) is 1.39. The van der Waals surface area contributed by atoms with Crippen LogP contribution in [-0.2, 0) is 4.74 Å². The van der Waals surface area contributed by atoms with Gasteiger partial charge in [-0.05, 0) is 20.8 Å². The van der Waals surface area contributed by atoms with Crippen LogP contribution in [0.2, 0.25) is 0 Å². The zero-order chi connectivity index (χ0) is 8.32. The maximum atomic E-state index is 5.54. The summed E-state index contributed by atoms with van der Waals surface area (Å²) in [4.78, 5) is 4.15. The average Bonchev–Trinajstić information content (AvgIpc) is 2.32. The van der Waals surface area contributed by atoms with Gasteiger partial charge in [-0.2, -0.15) is 0 Å². The molecule has 0 fully saturated rings. The fourth-order valence-corrected chi connectivity index (χ4v) is 0.796. The molecule has 0 saturated heterocycles. The molecule has 1 aliphatic rings. The molecule has 62 valence electrons. The minimum Gasteiger partial charge on any atom is -0.370 e. The topological polar surface area (TPSA) is 21.6 Å². The van der Waals surface area contributed by atoms with Crippen molar-refractivity contribution in [3.05, 3.63) is 12.3 Å². The summed E-state index contributed by atoms with van der Waals surface area (Å²) < 4.78 is 5.54. The molecule has 0 radical (unpaired) electrons. The lowest BCUT2D eigenvalue weighted by molar-refractivity contribution is 0.0210. The van der Waals surface area contributed by atoms with Gasteiger partial charge in [0.2, 0.25) is 0 Å². The molecule has 1 rings (SSSR count). The molecule has 2 heteroatoms. The number of hydrogen-bond acceptors (Lipinski definition) is 2. The third-order valence-electron chi connectivity index (χ3n) is 1.39. The minimum atomic E-state index is -0.0505. The van der Waals surface area contributed by atoms with Gasteiger partial charge in [0.05, 0.1) is 12.2 Å². The van der Waals surface area contributed by atoms with E-state index in [1.54, 1.807) is 0 Å². The lowest BCUT2D eigenvalue weighted by Gasteiger charge is -2.19. The zero-order valence-corrected chi connectivity index (χ0v) is 7.42. The standard InChI is InChI=1S/C9H15NO/c1-9(2,3)11-7-8-5-4-6-10-8/h4,6H,5,7H2,1-3H3. The van der Waals surface area contributed by atoms with E-state index >= 15 is 0 Å².